The smallest absolute Gasteiger partial charge is 0.412 e. The molecule has 0 atom stereocenters. The van der Waals surface area contributed by atoms with Gasteiger partial charge in [0, 0.05) is 19.6 Å². The van der Waals surface area contributed by atoms with Crippen molar-refractivity contribution in [3.8, 4) is 0 Å². The van der Waals surface area contributed by atoms with Gasteiger partial charge in [0.25, 0.3) is 0 Å². The number of carbonyl (C=O) groups excluding carboxylic acids is 2. The Bertz CT molecular complexity index is 1140. The zero-order valence-electron chi connectivity index (χ0n) is 18.5. The average Bonchev–Trinajstić information content (AvgIpc) is 2.80. The molecule has 4 rings (SSSR count). The van der Waals surface area contributed by atoms with E-state index in [1.165, 1.54) is 12.1 Å². The maximum absolute atomic E-state index is 13.6. The van der Waals surface area contributed by atoms with Gasteiger partial charge in [-0.05, 0) is 54.3 Å². The number of nitrogens with zero attached hydrogens (tertiary/aromatic N) is 2. The van der Waals surface area contributed by atoms with E-state index < -0.39 is 6.09 Å². The lowest BCUT2D eigenvalue weighted by Crippen LogP contribution is -2.49. The molecule has 7 heteroatoms. The first-order valence-electron chi connectivity index (χ1n) is 10.9. The fourth-order valence-electron chi connectivity index (χ4n) is 3.86. The van der Waals surface area contributed by atoms with E-state index in [1.54, 1.807) is 21.9 Å². The Kier molecular flexibility index (Phi) is 6.88. The molecule has 1 fully saturated rings. The van der Waals surface area contributed by atoms with Crippen LogP contribution >= 0.6 is 0 Å². The highest BCUT2D eigenvalue weighted by atomic mass is 19.1. The third-order valence-corrected chi connectivity index (χ3v) is 5.47. The van der Waals surface area contributed by atoms with Gasteiger partial charge in [-0.3, -0.25) is 10.2 Å². The second-order valence-corrected chi connectivity index (χ2v) is 8.05. The molecule has 1 aliphatic rings. The fraction of sp³-hybridized carbons (Fsp3) is 0.231. The topological polar surface area (TPSA) is 61.9 Å². The van der Waals surface area contributed by atoms with Crippen molar-refractivity contribution in [2.45, 2.75) is 26.5 Å². The minimum Gasteiger partial charge on any atom is -0.444 e. The molecule has 1 saturated heterocycles. The Hall–Kier alpha value is -3.87. The van der Waals surface area contributed by atoms with Gasteiger partial charge < -0.3 is 9.64 Å². The van der Waals surface area contributed by atoms with Crippen LogP contribution in [0, 0.1) is 12.7 Å². The summed E-state index contributed by atoms with van der Waals surface area (Å²) in [5, 5.41) is 2.79. The number of anilines is 2. The molecule has 3 amide bonds. The average molecular weight is 448 g/mol. The van der Waals surface area contributed by atoms with Gasteiger partial charge >= 0.3 is 12.1 Å². The molecule has 3 aromatic rings. The zero-order valence-corrected chi connectivity index (χ0v) is 18.5. The highest BCUT2D eigenvalue weighted by molar-refractivity contribution is 5.99. The number of nitrogens with one attached hydrogen (secondary N) is 1. The van der Waals surface area contributed by atoms with Crippen molar-refractivity contribution in [2.24, 2.45) is 0 Å². The molecule has 0 aliphatic carbocycles. The Morgan fingerprint density at radius 2 is 1.79 bits per heavy atom. The lowest BCUT2D eigenvalue weighted by Gasteiger charge is -2.36. The van der Waals surface area contributed by atoms with Crippen molar-refractivity contribution in [3.05, 3.63) is 95.3 Å². The fourth-order valence-corrected chi connectivity index (χ4v) is 3.86. The summed E-state index contributed by atoms with van der Waals surface area (Å²) >= 11 is 0. The van der Waals surface area contributed by atoms with Crippen molar-refractivity contribution in [2.75, 3.05) is 23.3 Å². The molecule has 0 aromatic heterocycles. The van der Waals surface area contributed by atoms with E-state index in [9.17, 15) is 14.0 Å². The number of hydrogen-bond acceptors (Lipinski definition) is 3. The van der Waals surface area contributed by atoms with Gasteiger partial charge in [0.15, 0.2) is 0 Å². The third kappa shape index (κ3) is 5.68. The summed E-state index contributed by atoms with van der Waals surface area (Å²) in [6.45, 7) is 3.49. The van der Waals surface area contributed by atoms with Crippen LogP contribution in [-0.4, -0.2) is 30.1 Å². The minimum atomic E-state index is -0.591. The van der Waals surface area contributed by atoms with E-state index in [1.807, 2.05) is 55.5 Å². The summed E-state index contributed by atoms with van der Waals surface area (Å²) in [6.07, 6.45) is 0.166. The molecule has 170 valence electrons. The molecule has 3 aromatic carbocycles. The molecular formula is C26H26FN3O3. The number of ether oxygens (including phenoxy) is 1. The zero-order chi connectivity index (χ0) is 23.2. The third-order valence-electron chi connectivity index (χ3n) is 5.47. The molecule has 33 heavy (non-hydrogen) atoms. The lowest BCUT2D eigenvalue weighted by molar-refractivity contribution is 0.155. The minimum absolute atomic E-state index is 0.151. The molecular weight excluding hydrogens is 421 g/mol. The Morgan fingerprint density at radius 3 is 2.58 bits per heavy atom. The van der Waals surface area contributed by atoms with Crippen LogP contribution < -0.4 is 10.2 Å². The predicted molar refractivity (Wildman–Crippen MR) is 126 cm³/mol. The van der Waals surface area contributed by atoms with Crippen LogP contribution in [0.15, 0.2) is 72.8 Å². The van der Waals surface area contributed by atoms with Crippen molar-refractivity contribution >= 4 is 23.5 Å². The van der Waals surface area contributed by atoms with Gasteiger partial charge in [-0.15, -0.1) is 0 Å². The summed E-state index contributed by atoms with van der Waals surface area (Å²) in [7, 11) is 0. The maximum Gasteiger partial charge on any atom is 0.412 e. The molecule has 0 bridgehead atoms. The van der Waals surface area contributed by atoms with E-state index in [0.29, 0.717) is 31.0 Å². The Balaban J connectivity index is 1.48. The predicted octanol–water partition coefficient (Wildman–Crippen LogP) is 5.72. The van der Waals surface area contributed by atoms with E-state index in [2.05, 4.69) is 5.32 Å². The second-order valence-electron chi connectivity index (χ2n) is 8.05. The van der Waals surface area contributed by atoms with Gasteiger partial charge in [0.1, 0.15) is 12.4 Å². The number of carbonyl (C=O) groups is 2. The van der Waals surface area contributed by atoms with Gasteiger partial charge in [0.05, 0.1) is 11.4 Å². The number of amides is 3. The molecule has 1 heterocycles. The van der Waals surface area contributed by atoms with Gasteiger partial charge in [-0.2, -0.15) is 0 Å². The second kappa shape index (κ2) is 10.2. The van der Waals surface area contributed by atoms with Crippen molar-refractivity contribution < 1.29 is 18.7 Å². The highest BCUT2D eigenvalue weighted by Crippen LogP contribution is 2.30. The van der Waals surface area contributed by atoms with Crippen LogP contribution in [-0.2, 0) is 17.9 Å². The standard InChI is InChI=1S/C26H26FN3O3/c1-19-11-12-24(23(15-19)28-25(31)33-18-20-7-3-2-4-8-20)30-14-6-13-29(26(30)32)17-21-9-5-10-22(27)16-21/h2-5,7-12,15-16H,6,13-14,17-18H2,1H3,(H,28,31). The molecule has 0 spiro atoms. The number of rotatable bonds is 6. The first-order valence-corrected chi connectivity index (χ1v) is 10.9. The van der Waals surface area contributed by atoms with Crippen molar-refractivity contribution in [3.63, 3.8) is 0 Å². The number of benzene rings is 3. The Morgan fingerprint density at radius 1 is 1.00 bits per heavy atom. The first-order chi connectivity index (χ1) is 16.0. The van der Waals surface area contributed by atoms with Crippen LogP contribution in [0.1, 0.15) is 23.1 Å². The van der Waals surface area contributed by atoms with Crippen molar-refractivity contribution in [1.29, 1.82) is 0 Å². The van der Waals surface area contributed by atoms with E-state index in [0.717, 1.165) is 23.1 Å². The monoisotopic (exact) mass is 447 g/mol. The van der Waals surface area contributed by atoms with Crippen LogP contribution in [0.5, 0.6) is 0 Å². The number of halogens is 1. The van der Waals surface area contributed by atoms with Gasteiger partial charge in [-0.1, -0.05) is 48.5 Å². The van der Waals surface area contributed by atoms with Crippen LogP contribution in [0.4, 0.5) is 25.4 Å². The molecule has 6 nitrogen and oxygen atoms in total. The van der Waals surface area contributed by atoms with E-state index in [-0.39, 0.29) is 18.5 Å². The molecule has 0 saturated carbocycles. The van der Waals surface area contributed by atoms with Crippen LogP contribution in [0.2, 0.25) is 0 Å². The highest BCUT2D eigenvalue weighted by Gasteiger charge is 2.29. The number of aryl methyl sites for hydroxylation is 1. The summed E-state index contributed by atoms with van der Waals surface area (Å²) < 4.78 is 18.9. The Labute approximate surface area is 192 Å². The normalized spacial score (nSPS) is 13.7. The quantitative estimate of drug-likeness (QED) is 0.526. The summed E-state index contributed by atoms with van der Waals surface area (Å²) in [6, 6.07) is 21.0. The maximum atomic E-state index is 13.6. The number of hydrogen-bond donors (Lipinski definition) is 1. The SMILES string of the molecule is Cc1ccc(N2CCCN(Cc3cccc(F)c3)C2=O)c(NC(=O)OCc2ccccc2)c1. The van der Waals surface area contributed by atoms with E-state index in [4.69, 9.17) is 4.74 Å². The molecule has 1 N–H and O–H groups in total. The summed E-state index contributed by atoms with van der Waals surface area (Å²) in [5.74, 6) is -0.326. The molecule has 1 aliphatic heterocycles. The van der Waals surface area contributed by atoms with Crippen LogP contribution in [0.3, 0.4) is 0 Å². The molecule has 0 unspecified atom stereocenters. The van der Waals surface area contributed by atoms with Gasteiger partial charge in [0.2, 0.25) is 0 Å². The largest absolute Gasteiger partial charge is 0.444 e. The molecule has 0 radical (unpaired) electrons. The first kappa shape index (κ1) is 22.3. The van der Waals surface area contributed by atoms with E-state index >= 15 is 0 Å². The summed E-state index contributed by atoms with van der Waals surface area (Å²) in [4.78, 5) is 29.1. The van der Waals surface area contributed by atoms with Crippen molar-refractivity contribution in [1.82, 2.24) is 4.90 Å². The number of urea groups is 1. The van der Waals surface area contributed by atoms with Crippen LogP contribution in [0.25, 0.3) is 0 Å². The lowest BCUT2D eigenvalue weighted by atomic mass is 10.1. The van der Waals surface area contributed by atoms with Gasteiger partial charge in [-0.25, -0.2) is 14.0 Å². The summed E-state index contributed by atoms with van der Waals surface area (Å²) in [5.41, 5.74) is 3.67.